The molecule has 1 aromatic rings. The summed E-state index contributed by atoms with van der Waals surface area (Å²) in [7, 11) is 0. The Kier molecular flexibility index (Phi) is 10.4. The second kappa shape index (κ2) is 12.3. The van der Waals surface area contributed by atoms with Crippen molar-refractivity contribution in [1.82, 2.24) is 0 Å². The number of aliphatic carboxylic acids is 1. The van der Waals surface area contributed by atoms with E-state index < -0.39 is 11.9 Å². The lowest BCUT2D eigenvalue weighted by molar-refractivity contribution is -0.139. The van der Waals surface area contributed by atoms with Crippen LogP contribution in [0.3, 0.4) is 0 Å². The van der Waals surface area contributed by atoms with E-state index in [1.54, 1.807) is 12.1 Å². The Labute approximate surface area is 151 Å². The van der Waals surface area contributed by atoms with Crippen LogP contribution in [-0.4, -0.2) is 17.0 Å². The number of hydrogen-bond donors (Lipinski definition) is 4. The number of carbonyl (C=O) groups is 1. The minimum atomic E-state index is -0.822. The summed E-state index contributed by atoms with van der Waals surface area (Å²) in [5.74, 6) is -1.57. The molecule has 0 aliphatic carbocycles. The van der Waals surface area contributed by atoms with Gasteiger partial charge in [0.05, 0.1) is 5.92 Å². The molecule has 0 aliphatic heterocycles. The van der Waals surface area contributed by atoms with Crippen LogP contribution in [0.1, 0.15) is 82.6 Å². The first-order chi connectivity index (χ1) is 12.1. The molecule has 25 heavy (non-hydrogen) atoms. The molecule has 0 saturated heterocycles. The molecule has 0 heterocycles. The van der Waals surface area contributed by atoms with Crippen LogP contribution in [0.2, 0.25) is 0 Å². The quantitative estimate of drug-likeness (QED) is 0.227. The Bertz CT molecular complexity index is 531. The van der Waals surface area contributed by atoms with Crippen molar-refractivity contribution in [3.8, 4) is 0 Å². The molecule has 5 heteroatoms. The van der Waals surface area contributed by atoms with Gasteiger partial charge >= 0.3 is 5.97 Å². The highest BCUT2D eigenvalue weighted by molar-refractivity contribution is 5.92. The van der Waals surface area contributed by atoms with E-state index >= 15 is 0 Å². The van der Waals surface area contributed by atoms with E-state index in [0.717, 1.165) is 12.8 Å². The zero-order valence-corrected chi connectivity index (χ0v) is 15.4. The fourth-order valence-electron chi connectivity index (χ4n) is 3.13. The molecule has 0 amide bonds. The average molecular weight is 348 g/mol. The Balaban J connectivity index is 2.43. The fraction of sp³-hybridized carbons (Fsp3) is 0.600. The number of rotatable bonds is 13. The Morgan fingerprint density at radius 3 is 2.20 bits per heavy atom. The van der Waals surface area contributed by atoms with Gasteiger partial charge in [-0.05, 0) is 18.1 Å². The van der Waals surface area contributed by atoms with E-state index in [-0.39, 0.29) is 5.96 Å². The Morgan fingerprint density at radius 2 is 1.64 bits per heavy atom. The SMILES string of the molecule is CCCCCCCCCCCC(C(=O)O)c1ccccc1NC(=N)N. The van der Waals surface area contributed by atoms with E-state index in [1.165, 1.54) is 44.9 Å². The van der Waals surface area contributed by atoms with Gasteiger partial charge in [-0.3, -0.25) is 10.2 Å². The molecule has 0 radical (unpaired) electrons. The van der Waals surface area contributed by atoms with Crippen molar-refractivity contribution < 1.29 is 9.90 Å². The standard InChI is InChI=1S/C20H33N3O2/c1-2-3-4-5-6-7-8-9-10-14-17(19(24)25)16-13-11-12-15-18(16)23-20(21)22/h11-13,15,17H,2-10,14H2,1H3,(H,24,25)(H4,21,22,23). The molecule has 5 nitrogen and oxygen atoms in total. The maximum absolute atomic E-state index is 11.7. The van der Waals surface area contributed by atoms with Gasteiger partial charge < -0.3 is 16.2 Å². The monoisotopic (exact) mass is 347 g/mol. The first kappa shape index (κ1) is 21.0. The maximum Gasteiger partial charge on any atom is 0.311 e. The number of nitrogens with two attached hydrogens (primary N) is 1. The number of nitrogens with one attached hydrogen (secondary N) is 2. The summed E-state index contributed by atoms with van der Waals surface area (Å²) in [4.78, 5) is 11.7. The second-order valence-corrected chi connectivity index (χ2v) is 6.63. The number of guanidine groups is 1. The third-order valence-electron chi connectivity index (χ3n) is 4.50. The molecule has 0 aromatic heterocycles. The topological polar surface area (TPSA) is 99.2 Å². The number of carboxylic acid groups (broad SMARTS) is 1. The minimum absolute atomic E-state index is 0.181. The molecule has 1 atom stereocenters. The molecule has 1 aromatic carbocycles. The van der Waals surface area contributed by atoms with Gasteiger partial charge in [-0.25, -0.2) is 0 Å². The maximum atomic E-state index is 11.7. The van der Waals surface area contributed by atoms with Crippen molar-refractivity contribution in [2.24, 2.45) is 5.73 Å². The molecule has 5 N–H and O–H groups in total. The molecule has 1 unspecified atom stereocenters. The van der Waals surface area contributed by atoms with Gasteiger partial charge in [0.15, 0.2) is 5.96 Å². The summed E-state index contributed by atoms with van der Waals surface area (Å²) in [6.45, 7) is 2.23. The zero-order valence-electron chi connectivity index (χ0n) is 15.4. The molecule has 0 spiro atoms. The number of benzene rings is 1. The predicted octanol–water partition coefficient (Wildman–Crippen LogP) is 5.08. The third-order valence-corrected chi connectivity index (χ3v) is 4.50. The lowest BCUT2D eigenvalue weighted by Gasteiger charge is -2.17. The van der Waals surface area contributed by atoms with Crippen molar-refractivity contribution >= 4 is 17.6 Å². The van der Waals surface area contributed by atoms with E-state index in [0.29, 0.717) is 17.7 Å². The summed E-state index contributed by atoms with van der Waals surface area (Å²) in [6.07, 6.45) is 11.5. The van der Waals surface area contributed by atoms with Crippen LogP contribution < -0.4 is 11.1 Å². The highest BCUT2D eigenvalue weighted by atomic mass is 16.4. The zero-order chi connectivity index (χ0) is 18.5. The van der Waals surface area contributed by atoms with E-state index in [4.69, 9.17) is 11.1 Å². The van der Waals surface area contributed by atoms with Gasteiger partial charge in [0.2, 0.25) is 0 Å². The van der Waals surface area contributed by atoms with Gasteiger partial charge in [0.1, 0.15) is 0 Å². The van der Waals surface area contributed by atoms with Crippen molar-refractivity contribution in [3.05, 3.63) is 29.8 Å². The number of unbranched alkanes of at least 4 members (excludes halogenated alkanes) is 8. The predicted molar refractivity (Wildman–Crippen MR) is 104 cm³/mol. The van der Waals surface area contributed by atoms with Crippen molar-refractivity contribution in [2.75, 3.05) is 5.32 Å². The fourth-order valence-corrected chi connectivity index (χ4v) is 3.13. The summed E-state index contributed by atoms with van der Waals surface area (Å²) in [5, 5.41) is 19.7. The summed E-state index contributed by atoms with van der Waals surface area (Å²) >= 11 is 0. The molecular formula is C20H33N3O2. The van der Waals surface area contributed by atoms with Gasteiger partial charge in [-0.15, -0.1) is 0 Å². The molecular weight excluding hydrogens is 314 g/mol. The molecule has 0 fully saturated rings. The van der Waals surface area contributed by atoms with Crippen molar-refractivity contribution in [2.45, 2.75) is 77.0 Å². The minimum Gasteiger partial charge on any atom is -0.481 e. The highest BCUT2D eigenvalue weighted by Crippen LogP contribution is 2.29. The Hall–Kier alpha value is -2.04. The summed E-state index contributed by atoms with van der Waals surface area (Å²) in [5.41, 5.74) is 6.70. The third kappa shape index (κ3) is 8.57. The average Bonchev–Trinajstić information content (AvgIpc) is 2.57. The molecule has 1 rings (SSSR count). The van der Waals surface area contributed by atoms with Crippen LogP contribution in [0.25, 0.3) is 0 Å². The number of hydrogen-bond acceptors (Lipinski definition) is 2. The summed E-state index contributed by atoms with van der Waals surface area (Å²) in [6, 6.07) is 7.21. The van der Waals surface area contributed by atoms with Crippen LogP contribution in [-0.2, 0) is 4.79 Å². The normalized spacial score (nSPS) is 11.9. The van der Waals surface area contributed by atoms with Gasteiger partial charge in [-0.2, -0.15) is 0 Å². The van der Waals surface area contributed by atoms with Gasteiger partial charge in [0.25, 0.3) is 0 Å². The van der Waals surface area contributed by atoms with Gasteiger partial charge in [0, 0.05) is 5.69 Å². The van der Waals surface area contributed by atoms with Crippen LogP contribution in [0.5, 0.6) is 0 Å². The molecule has 0 bridgehead atoms. The smallest absolute Gasteiger partial charge is 0.311 e. The first-order valence-corrected chi connectivity index (χ1v) is 9.49. The lowest BCUT2D eigenvalue weighted by Crippen LogP contribution is -2.23. The number of anilines is 1. The van der Waals surface area contributed by atoms with E-state index in [1.807, 2.05) is 12.1 Å². The second-order valence-electron chi connectivity index (χ2n) is 6.63. The van der Waals surface area contributed by atoms with Gasteiger partial charge in [-0.1, -0.05) is 82.9 Å². The van der Waals surface area contributed by atoms with Crippen LogP contribution in [0.4, 0.5) is 5.69 Å². The lowest BCUT2D eigenvalue weighted by atomic mass is 9.91. The van der Waals surface area contributed by atoms with E-state index in [9.17, 15) is 9.90 Å². The van der Waals surface area contributed by atoms with Crippen LogP contribution in [0, 0.1) is 5.41 Å². The number of carboxylic acids is 1. The number of para-hydroxylation sites is 1. The van der Waals surface area contributed by atoms with E-state index in [2.05, 4.69) is 12.2 Å². The van der Waals surface area contributed by atoms with Crippen LogP contribution >= 0.6 is 0 Å². The summed E-state index contributed by atoms with van der Waals surface area (Å²) < 4.78 is 0. The highest BCUT2D eigenvalue weighted by Gasteiger charge is 2.22. The molecule has 0 aliphatic rings. The molecule has 140 valence electrons. The molecule has 0 saturated carbocycles. The van der Waals surface area contributed by atoms with Crippen molar-refractivity contribution in [1.29, 1.82) is 5.41 Å². The van der Waals surface area contributed by atoms with Crippen molar-refractivity contribution in [3.63, 3.8) is 0 Å². The Morgan fingerprint density at radius 1 is 1.08 bits per heavy atom. The first-order valence-electron chi connectivity index (χ1n) is 9.49. The largest absolute Gasteiger partial charge is 0.481 e. The van der Waals surface area contributed by atoms with Crippen LogP contribution in [0.15, 0.2) is 24.3 Å².